The molecule has 0 aromatic carbocycles. The maximum Gasteiger partial charge on any atom is 0.236 e. The smallest absolute Gasteiger partial charge is 0.236 e. The number of nitrogens with zero attached hydrogens (tertiary/aromatic N) is 5. The molecule has 1 amide bonds. The van der Waals surface area contributed by atoms with Gasteiger partial charge in [-0.25, -0.2) is 0 Å². The lowest BCUT2D eigenvalue weighted by molar-refractivity contribution is -0.132. The number of tetrazole rings is 1. The predicted molar refractivity (Wildman–Crippen MR) is 47.1 cm³/mol. The Hall–Kier alpha value is -1.50. The summed E-state index contributed by atoms with van der Waals surface area (Å²) in [6.45, 7) is 2.39. The summed E-state index contributed by atoms with van der Waals surface area (Å²) in [6, 6.07) is 0. The topological polar surface area (TPSA) is 75.9 Å². The summed E-state index contributed by atoms with van der Waals surface area (Å²) in [6.07, 6.45) is 0. The number of aromatic nitrogens is 4. The molecule has 1 saturated heterocycles. The first-order chi connectivity index (χ1) is 6.75. The Balaban J connectivity index is 1.99. The molecule has 1 aliphatic heterocycles. The second-order valence-electron chi connectivity index (χ2n) is 3.19. The standard InChI is InChI=1S/C7H12N6O/c1-12-10-6(9-11-12)5-13-3-2-8-4-7(13)14/h8H,2-5H2,1H3. The molecule has 7 heteroatoms. The van der Waals surface area contributed by atoms with Gasteiger partial charge in [0.1, 0.15) is 0 Å². The van der Waals surface area contributed by atoms with Crippen LogP contribution in [0.15, 0.2) is 0 Å². The van der Waals surface area contributed by atoms with Crippen LogP contribution in [0.3, 0.4) is 0 Å². The summed E-state index contributed by atoms with van der Waals surface area (Å²) in [5.41, 5.74) is 0. The van der Waals surface area contributed by atoms with Gasteiger partial charge in [-0.2, -0.15) is 4.80 Å². The molecule has 0 unspecified atom stereocenters. The average Bonchev–Trinajstić information content (AvgIpc) is 2.56. The van der Waals surface area contributed by atoms with Crippen LogP contribution in [0.4, 0.5) is 0 Å². The molecule has 1 aromatic heterocycles. The van der Waals surface area contributed by atoms with Crippen molar-refractivity contribution in [2.75, 3.05) is 19.6 Å². The number of hydrogen-bond donors (Lipinski definition) is 1. The summed E-state index contributed by atoms with van der Waals surface area (Å²) in [5, 5.41) is 14.6. The van der Waals surface area contributed by atoms with Gasteiger partial charge in [0.15, 0.2) is 5.82 Å². The molecule has 7 nitrogen and oxygen atoms in total. The minimum atomic E-state index is 0.0868. The van der Waals surface area contributed by atoms with E-state index in [1.807, 2.05) is 0 Å². The molecule has 1 aliphatic rings. The van der Waals surface area contributed by atoms with Crippen molar-refractivity contribution in [3.8, 4) is 0 Å². The fraction of sp³-hybridized carbons (Fsp3) is 0.714. The lowest BCUT2D eigenvalue weighted by atomic mass is 10.3. The summed E-state index contributed by atoms with van der Waals surface area (Å²) in [4.78, 5) is 14.5. The minimum absolute atomic E-state index is 0.0868. The fourth-order valence-corrected chi connectivity index (χ4v) is 1.37. The molecule has 0 spiro atoms. The molecule has 0 aliphatic carbocycles. The van der Waals surface area contributed by atoms with E-state index in [2.05, 4.69) is 20.7 Å². The molecule has 2 rings (SSSR count). The third-order valence-corrected chi connectivity index (χ3v) is 2.07. The lowest BCUT2D eigenvalue weighted by Crippen LogP contribution is -2.47. The van der Waals surface area contributed by atoms with Gasteiger partial charge in [0.25, 0.3) is 0 Å². The summed E-state index contributed by atoms with van der Waals surface area (Å²) < 4.78 is 0. The van der Waals surface area contributed by atoms with Crippen LogP contribution in [-0.2, 0) is 18.4 Å². The molecular weight excluding hydrogens is 184 g/mol. The van der Waals surface area contributed by atoms with Gasteiger partial charge >= 0.3 is 0 Å². The highest BCUT2D eigenvalue weighted by molar-refractivity contribution is 5.78. The van der Waals surface area contributed by atoms with Crippen molar-refractivity contribution in [3.05, 3.63) is 5.82 Å². The molecule has 0 bridgehead atoms. The first-order valence-electron chi connectivity index (χ1n) is 4.47. The van der Waals surface area contributed by atoms with Crippen molar-refractivity contribution in [2.45, 2.75) is 6.54 Å². The molecule has 0 radical (unpaired) electrons. The monoisotopic (exact) mass is 196 g/mol. The molecule has 1 aromatic rings. The average molecular weight is 196 g/mol. The van der Waals surface area contributed by atoms with Crippen molar-refractivity contribution >= 4 is 5.91 Å². The van der Waals surface area contributed by atoms with Crippen LogP contribution in [-0.4, -0.2) is 50.6 Å². The number of rotatable bonds is 2. The Bertz CT molecular complexity index is 335. The van der Waals surface area contributed by atoms with Crippen molar-refractivity contribution in [3.63, 3.8) is 0 Å². The van der Waals surface area contributed by atoms with E-state index in [1.165, 1.54) is 4.80 Å². The Morgan fingerprint density at radius 2 is 2.43 bits per heavy atom. The number of carbonyl (C=O) groups is 1. The van der Waals surface area contributed by atoms with Crippen molar-refractivity contribution < 1.29 is 4.79 Å². The van der Waals surface area contributed by atoms with E-state index in [0.717, 1.165) is 6.54 Å². The second kappa shape index (κ2) is 3.70. The fourth-order valence-electron chi connectivity index (χ4n) is 1.37. The van der Waals surface area contributed by atoms with Crippen molar-refractivity contribution in [1.29, 1.82) is 0 Å². The number of hydrogen-bond acceptors (Lipinski definition) is 5. The van der Waals surface area contributed by atoms with Gasteiger partial charge in [-0.15, -0.1) is 10.2 Å². The third kappa shape index (κ3) is 1.87. The Kier molecular flexibility index (Phi) is 2.40. The van der Waals surface area contributed by atoms with Crippen LogP contribution in [0.25, 0.3) is 0 Å². The zero-order chi connectivity index (χ0) is 9.97. The Morgan fingerprint density at radius 3 is 3.07 bits per heavy atom. The van der Waals surface area contributed by atoms with Crippen LogP contribution < -0.4 is 5.32 Å². The highest BCUT2D eigenvalue weighted by Gasteiger charge is 2.19. The van der Waals surface area contributed by atoms with Crippen LogP contribution in [0.2, 0.25) is 0 Å². The number of carbonyl (C=O) groups excluding carboxylic acids is 1. The van der Waals surface area contributed by atoms with Gasteiger partial charge < -0.3 is 10.2 Å². The zero-order valence-electron chi connectivity index (χ0n) is 7.97. The van der Waals surface area contributed by atoms with E-state index in [1.54, 1.807) is 11.9 Å². The number of piperazine rings is 1. The van der Waals surface area contributed by atoms with Gasteiger partial charge in [0.2, 0.25) is 5.91 Å². The van der Waals surface area contributed by atoms with E-state index in [4.69, 9.17) is 0 Å². The number of amides is 1. The molecule has 0 atom stereocenters. The first-order valence-corrected chi connectivity index (χ1v) is 4.47. The maximum absolute atomic E-state index is 11.4. The van der Waals surface area contributed by atoms with Crippen molar-refractivity contribution in [1.82, 2.24) is 30.4 Å². The molecule has 76 valence electrons. The van der Waals surface area contributed by atoms with E-state index in [0.29, 0.717) is 25.5 Å². The van der Waals surface area contributed by atoms with Gasteiger partial charge in [0, 0.05) is 13.1 Å². The molecule has 1 N–H and O–H groups in total. The first kappa shape index (κ1) is 9.07. The van der Waals surface area contributed by atoms with Crippen LogP contribution in [0.1, 0.15) is 5.82 Å². The van der Waals surface area contributed by atoms with Crippen molar-refractivity contribution in [2.24, 2.45) is 7.05 Å². The van der Waals surface area contributed by atoms with E-state index >= 15 is 0 Å². The largest absolute Gasteiger partial charge is 0.333 e. The van der Waals surface area contributed by atoms with Gasteiger partial charge in [-0.05, 0) is 5.21 Å². The highest BCUT2D eigenvalue weighted by atomic mass is 16.2. The summed E-state index contributed by atoms with van der Waals surface area (Å²) in [5.74, 6) is 0.673. The third-order valence-electron chi connectivity index (χ3n) is 2.07. The van der Waals surface area contributed by atoms with E-state index < -0.39 is 0 Å². The summed E-state index contributed by atoms with van der Waals surface area (Å²) >= 11 is 0. The van der Waals surface area contributed by atoms with E-state index in [-0.39, 0.29) is 5.91 Å². The minimum Gasteiger partial charge on any atom is -0.333 e. The lowest BCUT2D eigenvalue weighted by Gasteiger charge is -2.25. The van der Waals surface area contributed by atoms with E-state index in [9.17, 15) is 4.79 Å². The number of aryl methyl sites for hydroxylation is 1. The molecule has 0 saturated carbocycles. The SMILES string of the molecule is Cn1nnc(CN2CCNCC2=O)n1. The zero-order valence-corrected chi connectivity index (χ0v) is 7.97. The van der Waals surface area contributed by atoms with Crippen LogP contribution in [0.5, 0.6) is 0 Å². The van der Waals surface area contributed by atoms with Crippen LogP contribution in [0, 0.1) is 0 Å². The Labute approximate surface area is 81.1 Å². The number of nitrogens with one attached hydrogen (secondary N) is 1. The summed E-state index contributed by atoms with van der Waals surface area (Å²) in [7, 11) is 1.70. The normalized spacial score (nSPS) is 17.5. The highest BCUT2D eigenvalue weighted by Crippen LogP contribution is 1.99. The second-order valence-corrected chi connectivity index (χ2v) is 3.19. The quantitative estimate of drug-likeness (QED) is 0.600. The molecule has 1 fully saturated rings. The molecule has 2 heterocycles. The van der Waals surface area contributed by atoms with Gasteiger partial charge in [0.05, 0.1) is 20.1 Å². The maximum atomic E-state index is 11.4. The van der Waals surface area contributed by atoms with Gasteiger partial charge in [-0.1, -0.05) is 0 Å². The predicted octanol–water partition coefficient (Wildman–Crippen LogP) is -1.86. The Morgan fingerprint density at radius 1 is 1.57 bits per heavy atom. The molecular formula is C7H12N6O. The van der Waals surface area contributed by atoms with Gasteiger partial charge in [-0.3, -0.25) is 4.79 Å². The molecule has 14 heavy (non-hydrogen) atoms. The van der Waals surface area contributed by atoms with Crippen LogP contribution >= 0.6 is 0 Å².